The molecule has 2 heteroatoms. The molecule has 1 heterocycles. The summed E-state index contributed by atoms with van der Waals surface area (Å²) in [7, 11) is 0. The minimum absolute atomic E-state index is 0.134. The molecule has 0 saturated carbocycles. The number of ether oxygens (including phenoxy) is 1. The molecule has 11 rings (SSSR count). The first-order valence-corrected chi connectivity index (χ1v) is 19.7. The van der Waals surface area contributed by atoms with Gasteiger partial charge in [0, 0.05) is 39.7 Å². The zero-order chi connectivity index (χ0) is 38.1. The van der Waals surface area contributed by atoms with Gasteiger partial charge in [-0.3, -0.25) is 0 Å². The van der Waals surface area contributed by atoms with Gasteiger partial charge in [-0.2, -0.15) is 0 Å². The van der Waals surface area contributed by atoms with Gasteiger partial charge in [0.05, 0.1) is 0 Å². The first kappa shape index (κ1) is 33.2. The third kappa shape index (κ3) is 5.48. The van der Waals surface area contributed by atoms with Crippen molar-refractivity contribution in [3.05, 3.63) is 211 Å². The van der Waals surface area contributed by atoms with Gasteiger partial charge >= 0.3 is 0 Å². The highest BCUT2D eigenvalue weighted by molar-refractivity contribution is 6.01. The second kappa shape index (κ2) is 13.0. The Morgan fingerprint density at radius 3 is 1.63 bits per heavy atom. The summed E-state index contributed by atoms with van der Waals surface area (Å²) < 4.78 is 7.08. The van der Waals surface area contributed by atoms with Crippen molar-refractivity contribution in [3.8, 4) is 67.1 Å². The third-order valence-electron chi connectivity index (χ3n) is 12.0. The van der Waals surface area contributed by atoms with Crippen LogP contribution in [0.1, 0.15) is 25.0 Å². The van der Waals surface area contributed by atoms with Crippen LogP contribution in [-0.2, 0) is 5.41 Å². The summed E-state index contributed by atoms with van der Waals surface area (Å²) in [5.74, 6) is 1.67. The summed E-state index contributed by atoms with van der Waals surface area (Å²) in [5.41, 5.74) is 17.6. The second-order valence-corrected chi connectivity index (χ2v) is 15.8. The molecule has 1 aliphatic heterocycles. The molecule has 0 spiro atoms. The molecule has 0 aromatic heterocycles. The van der Waals surface area contributed by atoms with Gasteiger partial charge in [0.2, 0.25) is 0 Å². The highest BCUT2D eigenvalue weighted by Crippen LogP contribution is 2.53. The van der Waals surface area contributed by atoms with Crippen molar-refractivity contribution in [1.82, 2.24) is 0 Å². The Hall–Kier alpha value is -7.16. The van der Waals surface area contributed by atoms with Crippen LogP contribution in [0.4, 0.5) is 17.1 Å². The Labute approximate surface area is 333 Å². The Kier molecular flexibility index (Phi) is 7.55. The van der Waals surface area contributed by atoms with Crippen molar-refractivity contribution >= 4 is 27.8 Å². The van der Waals surface area contributed by atoms with Crippen LogP contribution < -0.4 is 9.64 Å². The molecule has 2 aliphatic rings. The van der Waals surface area contributed by atoms with Gasteiger partial charge in [0.25, 0.3) is 0 Å². The standard InChI is InChI=1S/C55H39NO/c1-55(2)51-23-12-11-22-45(51)46-27-25-43(34-52(46)55)56(42-21-13-20-38(30-42)36-14-5-3-6-15-36)44-26-28-47-48-31-39-18-9-10-19-40(39)32-49(48)50-33-41(37-16-7-4-8-17-37)24-29-53(50)57-54(47)35-44/h3-35H,1-2H3. The molecular weight excluding hydrogens is 691 g/mol. The summed E-state index contributed by atoms with van der Waals surface area (Å²) in [4.78, 5) is 2.39. The third-order valence-corrected chi connectivity index (χ3v) is 12.0. The number of benzene rings is 9. The van der Waals surface area contributed by atoms with Crippen LogP contribution in [0.5, 0.6) is 11.5 Å². The Morgan fingerprint density at radius 1 is 0.333 bits per heavy atom. The minimum atomic E-state index is -0.134. The first-order chi connectivity index (χ1) is 28.0. The molecule has 0 fully saturated rings. The van der Waals surface area contributed by atoms with E-state index in [1.807, 2.05) is 0 Å². The van der Waals surface area contributed by atoms with Gasteiger partial charge in [-0.05, 0) is 127 Å². The van der Waals surface area contributed by atoms with Crippen LogP contribution >= 0.6 is 0 Å². The molecule has 0 bridgehead atoms. The molecule has 0 amide bonds. The van der Waals surface area contributed by atoms with Crippen molar-refractivity contribution in [2.24, 2.45) is 0 Å². The van der Waals surface area contributed by atoms with Gasteiger partial charge in [-0.1, -0.05) is 147 Å². The van der Waals surface area contributed by atoms with E-state index in [1.165, 1.54) is 55.3 Å². The van der Waals surface area contributed by atoms with E-state index >= 15 is 0 Å². The molecule has 0 unspecified atom stereocenters. The molecule has 2 nitrogen and oxygen atoms in total. The summed E-state index contributed by atoms with van der Waals surface area (Å²) in [6.45, 7) is 4.69. The summed E-state index contributed by atoms with van der Waals surface area (Å²) in [6.07, 6.45) is 0. The first-order valence-electron chi connectivity index (χ1n) is 19.7. The van der Waals surface area contributed by atoms with Crippen LogP contribution in [0.2, 0.25) is 0 Å². The maximum Gasteiger partial charge on any atom is 0.137 e. The van der Waals surface area contributed by atoms with E-state index in [2.05, 4.69) is 219 Å². The van der Waals surface area contributed by atoms with Crippen molar-refractivity contribution < 1.29 is 4.74 Å². The van der Waals surface area contributed by atoms with Gasteiger partial charge in [-0.25, -0.2) is 0 Å². The van der Waals surface area contributed by atoms with Gasteiger partial charge in [-0.15, -0.1) is 0 Å². The molecule has 0 saturated heterocycles. The molecule has 0 radical (unpaired) electrons. The quantitative estimate of drug-likeness (QED) is 0.175. The molecular formula is C55H39NO. The SMILES string of the molecule is CC1(C)c2ccccc2-c2ccc(N(c3cccc(-c4ccccc4)c3)c3ccc4c(c3)Oc3ccc(-c5ccccc5)cc3-c3cc5ccccc5cc3-4)cc21. The van der Waals surface area contributed by atoms with Crippen molar-refractivity contribution in [2.75, 3.05) is 4.90 Å². The van der Waals surface area contributed by atoms with Crippen LogP contribution in [0.15, 0.2) is 200 Å². The molecule has 0 atom stereocenters. The van der Waals surface area contributed by atoms with E-state index in [0.29, 0.717) is 0 Å². The van der Waals surface area contributed by atoms with E-state index in [9.17, 15) is 0 Å². The molecule has 0 N–H and O–H groups in total. The lowest BCUT2D eigenvalue weighted by Crippen LogP contribution is -2.16. The van der Waals surface area contributed by atoms with E-state index in [-0.39, 0.29) is 5.41 Å². The minimum Gasteiger partial charge on any atom is -0.456 e. The fourth-order valence-corrected chi connectivity index (χ4v) is 9.13. The van der Waals surface area contributed by atoms with Gasteiger partial charge in [0.15, 0.2) is 0 Å². The number of rotatable bonds is 5. The maximum atomic E-state index is 7.08. The average Bonchev–Trinajstić information content (AvgIpc) is 3.40. The normalized spacial score (nSPS) is 13.0. The summed E-state index contributed by atoms with van der Waals surface area (Å²) in [6, 6.07) is 72.6. The fraction of sp³-hybridized carbons (Fsp3) is 0.0545. The van der Waals surface area contributed by atoms with Crippen LogP contribution in [0.25, 0.3) is 66.4 Å². The van der Waals surface area contributed by atoms with Crippen LogP contribution in [0.3, 0.4) is 0 Å². The van der Waals surface area contributed by atoms with E-state index in [4.69, 9.17) is 4.74 Å². The van der Waals surface area contributed by atoms with E-state index in [0.717, 1.165) is 50.8 Å². The average molecular weight is 730 g/mol. The maximum absolute atomic E-state index is 7.08. The lowest BCUT2D eigenvalue weighted by Gasteiger charge is -2.29. The Bertz CT molecular complexity index is 3020. The van der Waals surface area contributed by atoms with Crippen LogP contribution in [-0.4, -0.2) is 0 Å². The zero-order valence-corrected chi connectivity index (χ0v) is 31.9. The van der Waals surface area contributed by atoms with Crippen LogP contribution in [0, 0.1) is 0 Å². The Morgan fingerprint density at radius 2 is 0.895 bits per heavy atom. The van der Waals surface area contributed by atoms with Gasteiger partial charge < -0.3 is 9.64 Å². The topological polar surface area (TPSA) is 12.5 Å². The largest absolute Gasteiger partial charge is 0.456 e. The monoisotopic (exact) mass is 729 g/mol. The fourth-order valence-electron chi connectivity index (χ4n) is 9.13. The highest BCUT2D eigenvalue weighted by Gasteiger charge is 2.36. The van der Waals surface area contributed by atoms with Crippen molar-refractivity contribution in [3.63, 3.8) is 0 Å². The predicted molar refractivity (Wildman–Crippen MR) is 238 cm³/mol. The molecule has 9 aromatic carbocycles. The van der Waals surface area contributed by atoms with Crippen molar-refractivity contribution in [1.29, 1.82) is 0 Å². The molecule has 1 aliphatic carbocycles. The zero-order valence-electron chi connectivity index (χ0n) is 31.9. The van der Waals surface area contributed by atoms with Gasteiger partial charge in [0.1, 0.15) is 11.5 Å². The second-order valence-electron chi connectivity index (χ2n) is 15.8. The molecule has 57 heavy (non-hydrogen) atoms. The lowest BCUT2D eigenvalue weighted by atomic mass is 9.82. The number of fused-ring (bicyclic) bond motifs is 9. The number of hydrogen-bond donors (Lipinski definition) is 0. The Balaban J connectivity index is 1.11. The number of nitrogens with zero attached hydrogens (tertiary/aromatic N) is 1. The lowest BCUT2D eigenvalue weighted by molar-refractivity contribution is 0.488. The molecule has 9 aromatic rings. The van der Waals surface area contributed by atoms with Crippen molar-refractivity contribution in [2.45, 2.75) is 19.3 Å². The van der Waals surface area contributed by atoms with E-state index in [1.54, 1.807) is 0 Å². The summed E-state index contributed by atoms with van der Waals surface area (Å²) in [5, 5.41) is 2.41. The highest BCUT2D eigenvalue weighted by atomic mass is 16.5. The predicted octanol–water partition coefficient (Wildman–Crippen LogP) is 15.4. The number of hydrogen-bond acceptors (Lipinski definition) is 2. The molecule has 270 valence electrons. The van der Waals surface area contributed by atoms with E-state index < -0.39 is 0 Å². The number of anilines is 3. The smallest absolute Gasteiger partial charge is 0.137 e. The summed E-state index contributed by atoms with van der Waals surface area (Å²) >= 11 is 0.